The van der Waals surface area contributed by atoms with Crippen molar-refractivity contribution in [2.24, 2.45) is 11.8 Å². The van der Waals surface area contributed by atoms with E-state index in [-0.39, 0.29) is 0 Å². The SMILES string of the molecule is C=CCCC/C=C\C(C)C1\C=C/C=C\C=C/C1. The Morgan fingerprint density at radius 2 is 2.06 bits per heavy atom. The maximum atomic E-state index is 3.74. The standard InChI is InChI=1S/C17H24/c1-3-4-5-7-10-13-16(2)17-14-11-8-6-9-12-15-17/h3,6,8-14,16-17H,1,4-5,7,15H2,2H3/b8-6-,12-9-,13-10-,14-11-. The summed E-state index contributed by atoms with van der Waals surface area (Å²) in [5, 5.41) is 0. The summed E-state index contributed by atoms with van der Waals surface area (Å²) in [6.07, 6.45) is 24.4. The lowest BCUT2D eigenvalue weighted by Gasteiger charge is -2.16. The Morgan fingerprint density at radius 1 is 1.24 bits per heavy atom. The van der Waals surface area contributed by atoms with Crippen molar-refractivity contribution < 1.29 is 0 Å². The molecule has 0 spiro atoms. The summed E-state index contributed by atoms with van der Waals surface area (Å²) in [5.74, 6) is 1.25. The van der Waals surface area contributed by atoms with E-state index in [1.807, 2.05) is 6.08 Å². The zero-order chi connectivity index (χ0) is 12.3. The van der Waals surface area contributed by atoms with E-state index < -0.39 is 0 Å². The van der Waals surface area contributed by atoms with Crippen LogP contribution in [0.3, 0.4) is 0 Å². The minimum atomic E-state index is 0.617. The first-order valence-corrected chi connectivity index (χ1v) is 6.62. The molecule has 0 saturated heterocycles. The summed E-state index contributed by atoms with van der Waals surface area (Å²) in [5.41, 5.74) is 0. The Labute approximate surface area is 106 Å². The second-order valence-corrected chi connectivity index (χ2v) is 4.60. The second kappa shape index (κ2) is 8.81. The fourth-order valence-corrected chi connectivity index (χ4v) is 1.95. The van der Waals surface area contributed by atoms with Crippen molar-refractivity contribution in [2.75, 3.05) is 0 Å². The molecule has 0 aliphatic heterocycles. The molecule has 17 heavy (non-hydrogen) atoms. The van der Waals surface area contributed by atoms with Gasteiger partial charge in [0.15, 0.2) is 0 Å². The lowest BCUT2D eigenvalue weighted by Crippen LogP contribution is -2.06. The smallest absolute Gasteiger partial charge is 0.0135 e. The van der Waals surface area contributed by atoms with E-state index in [0.29, 0.717) is 11.8 Å². The van der Waals surface area contributed by atoms with E-state index in [1.54, 1.807) is 0 Å². The van der Waals surface area contributed by atoms with Gasteiger partial charge in [-0.05, 0) is 37.5 Å². The van der Waals surface area contributed by atoms with Gasteiger partial charge < -0.3 is 0 Å². The second-order valence-electron chi connectivity index (χ2n) is 4.60. The summed E-state index contributed by atoms with van der Waals surface area (Å²) >= 11 is 0. The van der Waals surface area contributed by atoms with Gasteiger partial charge in [0.2, 0.25) is 0 Å². The van der Waals surface area contributed by atoms with Gasteiger partial charge in [0.1, 0.15) is 0 Å². The predicted molar refractivity (Wildman–Crippen MR) is 77.9 cm³/mol. The molecule has 2 atom stereocenters. The van der Waals surface area contributed by atoms with Gasteiger partial charge in [0, 0.05) is 0 Å². The fourth-order valence-electron chi connectivity index (χ4n) is 1.95. The zero-order valence-corrected chi connectivity index (χ0v) is 10.9. The quantitative estimate of drug-likeness (QED) is 0.431. The maximum Gasteiger partial charge on any atom is -0.0135 e. The largest absolute Gasteiger partial charge is 0.103 e. The first-order chi connectivity index (χ1) is 8.34. The van der Waals surface area contributed by atoms with Crippen LogP contribution < -0.4 is 0 Å². The summed E-state index contributed by atoms with van der Waals surface area (Å²) < 4.78 is 0. The zero-order valence-electron chi connectivity index (χ0n) is 10.9. The van der Waals surface area contributed by atoms with Crippen LogP contribution in [0.4, 0.5) is 0 Å². The molecule has 0 radical (unpaired) electrons. The average Bonchev–Trinajstić information content (AvgIpc) is 2.28. The minimum absolute atomic E-state index is 0.617. The average molecular weight is 228 g/mol. The molecule has 0 N–H and O–H groups in total. The van der Waals surface area contributed by atoms with Gasteiger partial charge in [-0.15, -0.1) is 6.58 Å². The molecular weight excluding hydrogens is 204 g/mol. The third-order valence-electron chi connectivity index (χ3n) is 3.13. The van der Waals surface area contributed by atoms with Gasteiger partial charge in [0.05, 0.1) is 0 Å². The van der Waals surface area contributed by atoms with E-state index in [2.05, 4.69) is 62.1 Å². The van der Waals surface area contributed by atoms with E-state index in [1.165, 1.54) is 12.8 Å². The van der Waals surface area contributed by atoms with Crippen LogP contribution in [0.5, 0.6) is 0 Å². The lowest BCUT2D eigenvalue weighted by molar-refractivity contribution is 0.516. The lowest BCUT2D eigenvalue weighted by atomic mass is 9.89. The van der Waals surface area contributed by atoms with Crippen LogP contribution in [0.2, 0.25) is 0 Å². The number of hydrogen-bond acceptors (Lipinski definition) is 0. The van der Waals surface area contributed by atoms with Gasteiger partial charge in [-0.2, -0.15) is 0 Å². The van der Waals surface area contributed by atoms with Gasteiger partial charge in [0.25, 0.3) is 0 Å². The summed E-state index contributed by atoms with van der Waals surface area (Å²) in [6, 6.07) is 0. The highest BCUT2D eigenvalue weighted by molar-refractivity contribution is 5.16. The highest BCUT2D eigenvalue weighted by Crippen LogP contribution is 2.21. The molecule has 0 aromatic heterocycles. The van der Waals surface area contributed by atoms with Crippen molar-refractivity contribution in [2.45, 2.75) is 32.6 Å². The van der Waals surface area contributed by atoms with Crippen LogP contribution >= 0.6 is 0 Å². The third kappa shape index (κ3) is 6.11. The molecule has 0 aromatic carbocycles. The highest BCUT2D eigenvalue weighted by Gasteiger charge is 2.09. The summed E-state index contributed by atoms with van der Waals surface area (Å²) in [6.45, 7) is 6.04. The Balaban J connectivity index is 2.37. The minimum Gasteiger partial charge on any atom is -0.103 e. The molecule has 0 amide bonds. The molecule has 0 fully saturated rings. The van der Waals surface area contributed by atoms with Crippen LogP contribution in [-0.2, 0) is 0 Å². The Bertz CT molecular complexity index is 315. The Morgan fingerprint density at radius 3 is 2.88 bits per heavy atom. The Kier molecular flexibility index (Phi) is 7.13. The van der Waals surface area contributed by atoms with Crippen molar-refractivity contribution >= 4 is 0 Å². The van der Waals surface area contributed by atoms with Crippen LogP contribution in [-0.4, -0.2) is 0 Å². The topological polar surface area (TPSA) is 0 Å². The number of unbranched alkanes of at least 4 members (excludes halogenated alkanes) is 2. The van der Waals surface area contributed by atoms with E-state index in [4.69, 9.17) is 0 Å². The maximum absolute atomic E-state index is 3.74. The van der Waals surface area contributed by atoms with Crippen LogP contribution in [0.1, 0.15) is 32.6 Å². The predicted octanol–water partition coefficient (Wildman–Crippen LogP) is 5.22. The van der Waals surface area contributed by atoms with Crippen LogP contribution in [0, 0.1) is 11.8 Å². The fraction of sp³-hybridized carbons (Fsp3) is 0.412. The molecule has 1 aliphatic carbocycles. The molecule has 92 valence electrons. The Hall–Kier alpha value is -1.30. The normalized spacial score (nSPS) is 27.0. The van der Waals surface area contributed by atoms with E-state index in [9.17, 15) is 0 Å². The number of allylic oxidation sites excluding steroid dienone is 9. The van der Waals surface area contributed by atoms with E-state index in [0.717, 1.165) is 12.8 Å². The molecule has 0 bridgehead atoms. The van der Waals surface area contributed by atoms with Crippen molar-refractivity contribution in [1.29, 1.82) is 0 Å². The van der Waals surface area contributed by atoms with Gasteiger partial charge >= 0.3 is 0 Å². The van der Waals surface area contributed by atoms with Crippen molar-refractivity contribution in [3.05, 3.63) is 61.3 Å². The molecule has 0 heterocycles. The molecule has 0 heteroatoms. The number of rotatable bonds is 6. The molecule has 1 rings (SSSR count). The molecule has 2 unspecified atom stereocenters. The van der Waals surface area contributed by atoms with Crippen LogP contribution in [0.15, 0.2) is 61.3 Å². The van der Waals surface area contributed by atoms with Crippen molar-refractivity contribution in [3.63, 3.8) is 0 Å². The molecule has 0 nitrogen and oxygen atoms in total. The summed E-state index contributed by atoms with van der Waals surface area (Å²) in [7, 11) is 0. The third-order valence-corrected chi connectivity index (χ3v) is 3.13. The molecule has 0 aromatic rings. The highest BCUT2D eigenvalue weighted by atomic mass is 14.1. The van der Waals surface area contributed by atoms with Gasteiger partial charge in [-0.1, -0.05) is 61.6 Å². The monoisotopic (exact) mass is 228 g/mol. The first kappa shape index (κ1) is 13.8. The van der Waals surface area contributed by atoms with Crippen LogP contribution in [0.25, 0.3) is 0 Å². The van der Waals surface area contributed by atoms with Crippen molar-refractivity contribution in [3.8, 4) is 0 Å². The first-order valence-electron chi connectivity index (χ1n) is 6.62. The van der Waals surface area contributed by atoms with Crippen molar-refractivity contribution in [1.82, 2.24) is 0 Å². The van der Waals surface area contributed by atoms with Gasteiger partial charge in [-0.25, -0.2) is 0 Å². The molecule has 0 saturated carbocycles. The molecule has 1 aliphatic rings. The summed E-state index contributed by atoms with van der Waals surface area (Å²) in [4.78, 5) is 0. The van der Waals surface area contributed by atoms with E-state index >= 15 is 0 Å². The van der Waals surface area contributed by atoms with Gasteiger partial charge in [-0.3, -0.25) is 0 Å². The molecular formula is C17H24. The number of hydrogen-bond donors (Lipinski definition) is 0.